The number of anilines is 2. The van der Waals surface area contributed by atoms with E-state index in [-0.39, 0.29) is 0 Å². The molecule has 4 nitrogen and oxygen atoms in total. The first kappa shape index (κ1) is 14.1. The van der Waals surface area contributed by atoms with Crippen molar-refractivity contribution in [3.05, 3.63) is 41.2 Å². The summed E-state index contributed by atoms with van der Waals surface area (Å²) in [7, 11) is 1.95. The Morgan fingerprint density at radius 1 is 1.33 bits per heavy atom. The minimum atomic E-state index is 0.375. The summed E-state index contributed by atoms with van der Waals surface area (Å²) >= 11 is 5.66. The Morgan fingerprint density at radius 2 is 2.05 bits per heavy atom. The zero-order valence-electron chi connectivity index (χ0n) is 12.8. The molecule has 0 aliphatic carbocycles. The number of thiocarbonyl (C=S) groups is 1. The molecule has 0 bridgehead atoms. The number of nitrogens with zero attached hydrogens (tertiary/aromatic N) is 3. The third-order valence-electron chi connectivity index (χ3n) is 4.17. The lowest BCUT2D eigenvalue weighted by atomic mass is 10.1. The van der Waals surface area contributed by atoms with Crippen LogP contribution >= 0.6 is 12.2 Å². The summed E-state index contributed by atoms with van der Waals surface area (Å²) in [6.07, 6.45) is 1.03. The maximum Gasteiger partial charge on any atom is 0.178 e. The van der Waals surface area contributed by atoms with Gasteiger partial charge in [-0.3, -0.25) is 4.68 Å². The molecule has 0 unspecified atom stereocenters. The number of aromatic nitrogens is 2. The molecule has 1 N–H and O–H groups in total. The third-order valence-corrected chi connectivity index (χ3v) is 4.47. The lowest BCUT2D eigenvalue weighted by Gasteiger charge is -2.26. The van der Waals surface area contributed by atoms with Gasteiger partial charge in [-0.05, 0) is 51.0 Å². The number of rotatable bonds is 1. The smallest absolute Gasteiger partial charge is 0.178 e. The Labute approximate surface area is 130 Å². The van der Waals surface area contributed by atoms with Crippen molar-refractivity contribution in [2.45, 2.75) is 33.2 Å². The summed E-state index contributed by atoms with van der Waals surface area (Å²) in [5, 5.41) is 8.56. The fourth-order valence-corrected chi connectivity index (χ4v) is 3.38. The third kappa shape index (κ3) is 2.31. The van der Waals surface area contributed by atoms with Crippen LogP contribution in [-0.4, -0.2) is 20.9 Å². The van der Waals surface area contributed by atoms with Gasteiger partial charge >= 0.3 is 0 Å². The quantitative estimate of drug-likeness (QED) is 0.820. The number of benzene rings is 1. The molecule has 1 aliphatic heterocycles. The van der Waals surface area contributed by atoms with E-state index < -0.39 is 0 Å². The van der Waals surface area contributed by atoms with Crippen LogP contribution in [0.15, 0.2) is 24.3 Å². The molecule has 0 amide bonds. The normalized spacial score (nSPS) is 17.0. The molecular weight excluding hydrogens is 280 g/mol. The first-order chi connectivity index (χ1) is 9.99. The zero-order valence-corrected chi connectivity index (χ0v) is 13.7. The molecule has 2 aromatic rings. The highest BCUT2D eigenvalue weighted by Crippen LogP contribution is 2.32. The standard InChI is InChI=1S/C16H20N4S/c1-10-9-13-7-5-6-8-14(13)20(10)16(21)17-15-11(2)18-19(4)12(15)3/h5-8,10H,9H2,1-4H3,(H,17,21)/t10-/m1/s1. The molecule has 110 valence electrons. The van der Waals surface area contributed by atoms with Crippen LogP contribution in [0.2, 0.25) is 0 Å². The summed E-state index contributed by atoms with van der Waals surface area (Å²) in [4.78, 5) is 2.20. The van der Waals surface area contributed by atoms with Crippen LogP contribution < -0.4 is 10.2 Å². The largest absolute Gasteiger partial charge is 0.329 e. The van der Waals surface area contributed by atoms with Crippen LogP contribution in [0.25, 0.3) is 0 Å². The van der Waals surface area contributed by atoms with Crippen molar-refractivity contribution in [2.75, 3.05) is 10.2 Å². The molecular formula is C16H20N4S. The first-order valence-electron chi connectivity index (χ1n) is 7.17. The van der Waals surface area contributed by atoms with Crippen molar-refractivity contribution in [1.29, 1.82) is 0 Å². The average Bonchev–Trinajstić information content (AvgIpc) is 2.89. The van der Waals surface area contributed by atoms with E-state index in [4.69, 9.17) is 12.2 Å². The number of hydrogen-bond donors (Lipinski definition) is 1. The second-order valence-corrected chi connectivity index (χ2v) is 6.04. The van der Waals surface area contributed by atoms with E-state index in [2.05, 4.69) is 46.5 Å². The molecule has 21 heavy (non-hydrogen) atoms. The van der Waals surface area contributed by atoms with E-state index in [1.165, 1.54) is 11.3 Å². The molecule has 1 aromatic carbocycles. The van der Waals surface area contributed by atoms with E-state index in [1.54, 1.807) is 0 Å². The van der Waals surface area contributed by atoms with Crippen LogP contribution in [0, 0.1) is 13.8 Å². The highest BCUT2D eigenvalue weighted by Gasteiger charge is 2.29. The van der Waals surface area contributed by atoms with Gasteiger partial charge in [-0.25, -0.2) is 0 Å². The Morgan fingerprint density at radius 3 is 2.71 bits per heavy atom. The summed E-state index contributed by atoms with van der Waals surface area (Å²) in [6, 6.07) is 8.83. The summed E-state index contributed by atoms with van der Waals surface area (Å²) < 4.78 is 1.88. The second-order valence-electron chi connectivity index (χ2n) is 5.65. The van der Waals surface area contributed by atoms with Gasteiger partial charge in [0.15, 0.2) is 5.11 Å². The molecule has 0 saturated carbocycles. The van der Waals surface area contributed by atoms with E-state index >= 15 is 0 Å². The Hall–Kier alpha value is -1.88. The molecule has 1 aliphatic rings. The highest BCUT2D eigenvalue weighted by atomic mass is 32.1. The number of para-hydroxylation sites is 1. The van der Waals surface area contributed by atoms with Gasteiger partial charge in [-0.15, -0.1) is 0 Å². The van der Waals surface area contributed by atoms with Crippen molar-refractivity contribution in [1.82, 2.24) is 9.78 Å². The van der Waals surface area contributed by atoms with Crippen molar-refractivity contribution in [2.24, 2.45) is 7.05 Å². The molecule has 0 fully saturated rings. The summed E-state index contributed by atoms with van der Waals surface area (Å²) in [5.41, 5.74) is 5.64. The predicted octanol–water partition coefficient (Wildman–Crippen LogP) is 3.18. The molecule has 5 heteroatoms. The molecule has 0 radical (unpaired) electrons. The van der Waals surface area contributed by atoms with Crippen molar-refractivity contribution >= 4 is 28.7 Å². The number of aryl methyl sites for hydroxylation is 2. The predicted molar refractivity (Wildman–Crippen MR) is 91.0 cm³/mol. The Kier molecular flexibility index (Phi) is 3.45. The molecule has 0 saturated heterocycles. The number of nitrogens with one attached hydrogen (secondary N) is 1. The Bertz CT molecular complexity index is 704. The van der Waals surface area contributed by atoms with Crippen LogP contribution in [-0.2, 0) is 13.5 Å². The van der Waals surface area contributed by atoms with Crippen LogP contribution in [0.5, 0.6) is 0 Å². The molecule has 2 heterocycles. The SMILES string of the molecule is Cc1nn(C)c(C)c1NC(=S)N1c2ccccc2C[C@H]1C. The minimum Gasteiger partial charge on any atom is -0.329 e. The van der Waals surface area contributed by atoms with Gasteiger partial charge in [0, 0.05) is 18.8 Å². The van der Waals surface area contributed by atoms with Crippen LogP contribution in [0.1, 0.15) is 23.9 Å². The van der Waals surface area contributed by atoms with Gasteiger partial charge in [-0.2, -0.15) is 5.10 Å². The number of fused-ring (bicyclic) bond motifs is 1. The van der Waals surface area contributed by atoms with E-state index in [1.807, 2.05) is 25.6 Å². The first-order valence-corrected chi connectivity index (χ1v) is 7.58. The van der Waals surface area contributed by atoms with Gasteiger partial charge in [0.2, 0.25) is 0 Å². The van der Waals surface area contributed by atoms with Gasteiger partial charge < -0.3 is 10.2 Å². The Balaban J connectivity index is 1.89. The monoisotopic (exact) mass is 300 g/mol. The number of hydrogen-bond acceptors (Lipinski definition) is 2. The van der Waals surface area contributed by atoms with Crippen molar-refractivity contribution in [3.8, 4) is 0 Å². The van der Waals surface area contributed by atoms with Gasteiger partial charge in [0.05, 0.1) is 17.1 Å². The maximum atomic E-state index is 5.66. The molecule has 0 spiro atoms. The summed E-state index contributed by atoms with van der Waals surface area (Å²) in [6.45, 7) is 6.25. The van der Waals surface area contributed by atoms with Gasteiger partial charge in [0.25, 0.3) is 0 Å². The van der Waals surface area contributed by atoms with E-state index in [9.17, 15) is 0 Å². The van der Waals surface area contributed by atoms with E-state index in [0.29, 0.717) is 6.04 Å². The zero-order chi connectivity index (χ0) is 15.1. The molecule has 3 rings (SSSR count). The lowest BCUT2D eigenvalue weighted by molar-refractivity contribution is 0.731. The van der Waals surface area contributed by atoms with Crippen LogP contribution in [0.4, 0.5) is 11.4 Å². The molecule has 1 aromatic heterocycles. The van der Waals surface area contributed by atoms with Crippen LogP contribution in [0.3, 0.4) is 0 Å². The second kappa shape index (κ2) is 5.15. The fourth-order valence-electron chi connectivity index (χ4n) is 3.00. The fraction of sp³-hybridized carbons (Fsp3) is 0.375. The van der Waals surface area contributed by atoms with Crippen molar-refractivity contribution in [3.63, 3.8) is 0 Å². The highest BCUT2D eigenvalue weighted by molar-refractivity contribution is 7.80. The van der Waals surface area contributed by atoms with Crippen molar-refractivity contribution < 1.29 is 0 Å². The topological polar surface area (TPSA) is 33.1 Å². The molecule has 1 atom stereocenters. The minimum absolute atomic E-state index is 0.375. The maximum absolute atomic E-state index is 5.66. The lowest BCUT2D eigenvalue weighted by Crippen LogP contribution is -2.39. The van der Waals surface area contributed by atoms with Gasteiger partial charge in [-0.1, -0.05) is 18.2 Å². The summed E-state index contributed by atoms with van der Waals surface area (Å²) in [5.74, 6) is 0. The van der Waals surface area contributed by atoms with E-state index in [0.717, 1.165) is 28.6 Å². The average molecular weight is 300 g/mol. The van der Waals surface area contributed by atoms with Gasteiger partial charge in [0.1, 0.15) is 0 Å².